The number of anilines is 1. The summed E-state index contributed by atoms with van der Waals surface area (Å²) in [6.45, 7) is 0. The molecule has 4 heteroatoms. The molecule has 0 unspecified atom stereocenters. The molecule has 2 nitrogen and oxygen atoms in total. The minimum absolute atomic E-state index is 0. The van der Waals surface area contributed by atoms with E-state index in [1.165, 1.54) is 6.07 Å². The number of nitrogens with two attached hydrogens (primary N) is 1. The average molecular weight is 180 g/mol. The zero-order valence-electron chi connectivity index (χ0n) is 5.04. The number of aromatic hydroxyl groups is 1. The molecule has 0 radical (unpaired) electrons. The van der Waals surface area contributed by atoms with E-state index in [0.717, 1.165) is 0 Å². The van der Waals surface area contributed by atoms with Crippen molar-refractivity contribution < 1.29 is 5.11 Å². The smallest absolute Gasteiger partial charge is 0.140 e. The highest BCUT2D eigenvalue weighted by Gasteiger charge is 1.97. The van der Waals surface area contributed by atoms with Gasteiger partial charge in [0.05, 0.1) is 10.7 Å². The van der Waals surface area contributed by atoms with E-state index in [2.05, 4.69) is 0 Å². The second-order valence-electron chi connectivity index (χ2n) is 1.67. The van der Waals surface area contributed by atoms with Gasteiger partial charge in [-0.25, -0.2) is 0 Å². The Morgan fingerprint density at radius 1 is 1.40 bits per heavy atom. The van der Waals surface area contributed by atoms with E-state index in [-0.39, 0.29) is 23.8 Å². The van der Waals surface area contributed by atoms with Crippen LogP contribution in [0.4, 0.5) is 5.69 Å². The Morgan fingerprint density at radius 3 is 2.40 bits per heavy atom. The summed E-state index contributed by atoms with van der Waals surface area (Å²) in [5.74, 6) is 0.0301. The van der Waals surface area contributed by atoms with Gasteiger partial charge in [-0.15, -0.1) is 12.4 Å². The molecule has 0 aliphatic rings. The highest BCUT2D eigenvalue weighted by molar-refractivity contribution is 6.33. The molecular formula is C6H7Cl2NO. The quantitative estimate of drug-likeness (QED) is 0.474. The molecule has 0 bridgehead atoms. The van der Waals surface area contributed by atoms with E-state index < -0.39 is 0 Å². The number of nitrogen functional groups attached to an aromatic ring is 1. The van der Waals surface area contributed by atoms with Crippen LogP contribution >= 0.6 is 24.0 Å². The summed E-state index contributed by atoms with van der Waals surface area (Å²) in [6.07, 6.45) is 0. The third kappa shape index (κ3) is 1.69. The van der Waals surface area contributed by atoms with Gasteiger partial charge in [-0.05, 0) is 12.1 Å². The first kappa shape index (κ1) is 9.40. The number of hydrogen-bond acceptors (Lipinski definition) is 2. The van der Waals surface area contributed by atoms with Crippen LogP contribution in [-0.2, 0) is 0 Å². The van der Waals surface area contributed by atoms with Crippen LogP contribution in [0.1, 0.15) is 0 Å². The number of rotatable bonds is 0. The van der Waals surface area contributed by atoms with Crippen LogP contribution in [0, 0.1) is 0 Å². The Balaban J connectivity index is 0.000000810. The van der Waals surface area contributed by atoms with Crippen LogP contribution in [0.3, 0.4) is 0 Å². The Kier molecular flexibility index (Phi) is 3.33. The van der Waals surface area contributed by atoms with E-state index in [0.29, 0.717) is 5.02 Å². The molecule has 56 valence electrons. The van der Waals surface area contributed by atoms with Crippen LogP contribution in [-0.4, -0.2) is 5.11 Å². The lowest BCUT2D eigenvalue weighted by atomic mass is 10.3. The molecular weight excluding hydrogens is 173 g/mol. The summed E-state index contributed by atoms with van der Waals surface area (Å²) in [5, 5.41) is 9.27. The predicted octanol–water partition coefficient (Wildman–Crippen LogP) is 2.05. The van der Waals surface area contributed by atoms with Crippen molar-refractivity contribution in [3.63, 3.8) is 0 Å². The molecule has 0 spiro atoms. The lowest BCUT2D eigenvalue weighted by molar-refractivity contribution is 0.478. The number of benzene rings is 1. The third-order valence-electron chi connectivity index (χ3n) is 1.03. The van der Waals surface area contributed by atoms with Crippen molar-refractivity contribution in [1.82, 2.24) is 0 Å². The second kappa shape index (κ2) is 3.54. The Morgan fingerprint density at radius 2 is 2.00 bits per heavy atom. The fraction of sp³-hybridized carbons (Fsp3) is 0. The minimum Gasteiger partial charge on any atom is -0.506 e. The SMILES string of the molecule is Cl.Nc1c(O)cccc1Cl. The van der Waals surface area contributed by atoms with Crippen LogP contribution in [0.2, 0.25) is 5.02 Å². The molecule has 0 aliphatic heterocycles. The fourth-order valence-corrected chi connectivity index (χ4v) is 0.695. The van der Waals surface area contributed by atoms with E-state index in [9.17, 15) is 0 Å². The van der Waals surface area contributed by atoms with Crippen molar-refractivity contribution in [3.05, 3.63) is 23.2 Å². The maximum atomic E-state index is 8.89. The maximum absolute atomic E-state index is 8.89. The van der Waals surface area contributed by atoms with Crippen LogP contribution < -0.4 is 5.73 Å². The highest BCUT2D eigenvalue weighted by atomic mass is 35.5. The normalized spacial score (nSPS) is 8.50. The lowest BCUT2D eigenvalue weighted by Gasteiger charge is -1.97. The highest BCUT2D eigenvalue weighted by Crippen LogP contribution is 2.26. The average Bonchev–Trinajstić information content (AvgIpc) is 1.83. The van der Waals surface area contributed by atoms with Crippen molar-refractivity contribution in [3.8, 4) is 5.75 Å². The zero-order chi connectivity index (χ0) is 6.85. The van der Waals surface area contributed by atoms with Gasteiger partial charge in [-0.2, -0.15) is 0 Å². The molecule has 0 saturated heterocycles. The number of phenols is 1. The van der Waals surface area contributed by atoms with Crippen molar-refractivity contribution in [2.45, 2.75) is 0 Å². The number of hydrogen-bond donors (Lipinski definition) is 2. The van der Waals surface area contributed by atoms with Gasteiger partial charge in [0.2, 0.25) is 0 Å². The molecule has 0 heterocycles. The molecule has 3 N–H and O–H groups in total. The van der Waals surface area contributed by atoms with Crippen molar-refractivity contribution in [1.29, 1.82) is 0 Å². The Hall–Kier alpha value is -0.600. The first-order chi connectivity index (χ1) is 4.22. The van der Waals surface area contributed by atoms with Crippen LogP contribution in [0.25, 0.3) is 0 Å². The van der Waals surface area contributed by atoms with Crippen LogP contribution in [0.5, 0.6) is 5.75 Å². The minimum atomic E-state index is 0. The summed E-state index contributed by atoms with van der Waals surface area (Å²) in [7, 11) is 0. The maximum Gasteiger partial charge on any atom is 0.140 e. The fourth-order valence-electron chi connectivity index (χ4n) is 0.526. The van der Waals surface area contributed by atoms with Crippen LogP contribution in [0.15, 0.2) is 18.2 Å². The van der Waals surface area contributed by atoms with Crippen molar-refractivity contribution in [2.24, 2.45) is 0 Å². The molecule has 0 atom stereocenters. The van der Waals surface area contributed by atoms with Gasteiger partial charge in [-0.3, -0.25) is 0 Å². The van der Waals surface area contributed by atoms with Gasteiger partial charge < -0.3 is 10.8 Å². The largest absolute Gasteiger partial charge is 0.506 e. The van der Waals surface area contributed by atoms with Crippen molar-refractivity contribution >= 4 is 29.7 Å². The number of phenolic OH excluding ortho intramolecular Hbond substituents is 1. The van der Waals surface area contributed by atoms with Crippen molar-refractivity contribution in [2.75, 3.05) is 5.73 Å². The lowest BCUT2D eigenvalue weighted by Crippen LogP contribution is -1.85. The summed E-state index contributed by atoms with van der Waals surface area (Å²) >= 11 is 5.53. The molecule has 1 aromatic carbocycles. The molecule has 0 saturated carbocycles. The number of para-hydroxylation sites is 1. The molecule has 0 aromatic heterocycles. The van der Waals surface area contributed by atoms with E-state index in [1.54, 1.807) is 12.1 Å². The molecule has 0 amide bonds. The Labute approximate surface area is 70.0 Å². The van der Waals surface area contributed by atoms with Gasteiger partial charge in [0.1, 0.15) is 5.75 Å². The number of halogens is 2. The molecule has 10 heavy (non-hydrogen) atoms. The molecule has 1 aromatic rings. The summed E-state index contributed by atoms with van der Waals surface area (Å²) < 4.78 is 0. The first-order valence-corrected chi connectivity index (χ1v) is 2.82. The van der Waals surface area contributed by atoms with Gasteiger partial charge in [0.25, 0.3) is 0 Å². The monoisotopic (exact) mass is 179 g/mol. The topological polar surface area (TPSA) is 46.2 Å². The summed E-state index contributed by atoms with van der Waals surface area (Å²) in [6, 6.07) is 4.74. The van der Waals surface area contributed by atoms with E-state index in [4.69, 9.17) is 22.4 Å². The second-order valence-corrected chi connectivity index (χ2v) is 2.08. The summed E-state index contributed by atoms with van der Waals surface area (Å²) in [5.41, 5.74) is 5.54. The summed E-state index contributed by atoms with van der Waals surface area (Å²) in [4.78, 5) is 0. The van der Waals surface area contributed by atoms with Gasteiger partial charge in [-0.1, -0.05) is 17.7 Å². The Bertz CT molecular complexity index is 207. The third-order valence-corrected chi connectivity index (χ3v) is 1.36. The van der Waals surface area contributed by atoms with E-state index in [1.807, 2.05) is 0 Å². The molecule has 1 rings (SSSR count). The molecule has 0 fully saturated rings. The van der Waals surface area contributed by atoms with Gasteiger partial charge >= 0.3 is 0 Å². The first-order valence-electron chi connectivity index (χ1n) is 2.45. The van der Waals surface area contributed by atoms with Gasteiger partial charge in [0.15, 0.2) is 0 Å². The molecule has 0 aliphatic carbocycles. The predicted molar refractivity (Wildman–Crippen MR) is 44.8 cm³/mol. The zero-order valence-corrected chi connectivity index (χ0v) is 6.62. The standard InChI is InChI=1S/C6H6ClNO.ClH/c7-4-2-1-3-5(9)6(4)8;/h1-3,9H,8H2;1H. The van der Waals surface area contributed by atoms with E-state index >= 15 is 0 Å². The van der Waals surface area contributed by atoms with Gasteiger partial charge in [0, 0.05) is 0 Å².